The number of hydrogen-bond acceptors (Lipinski definition) is 1. The highest BCUT2D eigenvalue weighted by molar-refractivity contribution is 14.2. The van der Waals surface area contributed by atoms with Crippen LogP contribution in [0, 0.1) is 5.82 Å². The van der Waals surface area contributed by atoms with Crippen LogP contribution in [-0.2, 0) is 0 Å². The minimum Gasteiger partial charge on any atom is -0.207 e. The third-order valence-corrected chi connectivity index (χ3v) is 3.46. The zero-order chi connectivity index (χ0) is 13.0. The maximum absolute atomic E-state index is 12.5. The molecule has 0 saturated heterocycles. The summed E-state index contributed by atoms with van der Waals surface area (Å²) in [5.74, 6) is 1.42. The van der Waals surface area contributed by atoms with Crippen molar-refractivity contribution in [2.75, 3.05) is 5.75 Å². The topological polar surface area (TPSA) is 0 Å². The van der Waals surface area contributed by atoms with Gasteiger partial charge in [0, 0.05) is 5.75 Å². The molecule has 0 aliphatic heterocycles. The SMILES string of the molecule is CC.CC.CC(CSI)c1ccc(F)cc1. The van der Waals surface area contributed by atoms with Gasteiger partial charge in [-0.05, 0) is 44.8 Å². The van der Waals surface area contributed by atoms with Crippen LogP contribution in [0.3, 0.4) is 0 Å². The van der Waals surface area contributed by atoms with E-state index in [1.165, 1.54) is 17.7 Å². The number of halogens is 2. The lowest BCUT2D eigenvalue weighted by atomic mass is 10.0. The molecule has 1 rings (SSSR count). The van der Waals surface area contributed by atoms with Gasteiger partial charge in [-0.1, -0.05) is 55.7 Å². The van der Waals surface area contributed by atoms with Gasteiger partial charge < -0.3 is 0 Å². The van der Waals surface area contributed by atoms with E-state index in [1.807, 2.05) is 39.8 Å². The average Bonchev–Trinajstić information content (AvgIpc) is 2.35. The molecule has 0 fully saturated rings. The molecule has 0 aliphatic carbocycles. The van der Waals surface area contributed by atoms with E-state index in [0.29, 0.717) is 5.92 Å². The van der Waals surface area contributed by atoms with Gasteiger partial charge in [0.05, 0.1) is 0 Å². The summed E-state index contributed by atoms with van der Waals surface area (Å²) in [7, 11) is 1.79. The molecule has 1 unspecified atom stereocenters. The van der Waals surface area contributed by atoms with Crippen molar-refractivity contribution in [3.05, 3.63) is 35.6 Å². The fourth-order valence-corrected chi connectivity index (χ4v) is 2.98. The molecule has 0 N–H and O–H groups in total. The summed E-state index contributed by atoms with van der Waals surface area (Å²) in [6.07, 6.45) is 0. The highest BCUT2D eigenvalue weighted by atomic mass is 127. The summed E-state index contributed by atoms with van der Waals surface area (Å²) in [5.41, 5.74) is 1.21. The Balaban J connectivity index is 0. The van der Waals surface area contributed by atoms with E-state index < -0.39 is 0 Å². The summed E-state index contributed by atoms with van der Waals surface area (Å²) in [4.78, 5) is 0. The van der Waals surface area contributed by atoms with Gasteiger partial charge >= 0.3 is 0 Å². The Hall–Kier alpha value is 0.230. The number of rotatable bonds is 3. The van der Waals surface area contributed by atoms with Gasteiger partial charge in [-0.25, -0.2) is 4.39 Å². The van der Waals surface area contributed by atoms with Gasteiger partial charge in [0.15, 0.2) is 0 Å². The van der Waals surface area contributed by atoms with Gasteiger partial charge in [-0.3, -0.25) is 0 Å². The predicted molar refractivity (Wildman–Crippen MR) is 84.0 cm³/mol. The summed E-state index contributed by atoms with van der Waals surface area (Å²) in [6.45, 7) is 10.2. The molecule has 0 saturated carbocycles. The average molecular weight is 356 g/mol. The van der Waals surface area contributed by atoms with E-state index in [0.717, 1.165) is 5.75 Å². The van der Waals surface area contributed by atoms with E-state index >= 15 is 0 Å². The first-order valence-corrected chi connectivity index (χ1v) is 9.26. The maximum atomic E-state index is 12.5. The fraction of sp³-hybridized carbons (Fsp3) is 0.538. The number of hydrogen-bond donors (Lipinski definition) is 0. The van der Waals surface area contributed by atoms with E-state index in [9.17, 15) is 4.39 Å². The second kappa shape index (κ2) is 13.3. The van der Waals surface area contributed by atoms with Crippen molar-refractivity contribution in [2.45, 2.75) is 40.5 Å². The molecule has 94 valence electrons. The highest BCUT2D eigenvalue weighted by Crippen LogP contribution is 2.23. The lowest BCUT2D eigenvalue weighted by Crippen LogP contribution is -1.94. The van der Waals surface area contributed by atoms with Crippen LogP contribution in [0.5, 0.6) is 0 Å². The fourth-order valence-electron chi connectivity index (χ4n) is 0.982. The molecule has 0 radical (unpaired) electrons. The Morgan fingerprint density at radius 3 is 1.94 bits per heavy atom. The molecule has 0 aromatic heterocycles. The molecule has 0 bridgehead atoms. The lowest BCUT2D eigenvalue weighted by Gasteiger charge is -2.08. The lowest BCUT2D eigenvalue weighted by molar-refractivity contribution is 0.626. The van der Waals surface area contributed by atoms with Crippen LogP contribution in [0.4, 0.5) is 4.39 Å². The quantitative estimate of drug-likeness (QED) is 0.593. The van der Waals surface area contributed by atoms with Gasteiger partial charge in [-0.2, -0.15) is 0 Å². The molecule has 16 heavy (non-hydrogen) atoms. The van der Waals surface area contributed by atoms with E-state index in [4.69, 9.17) is 0 Å². The molecule has 1 aromatic rings. The Bertz CT molecular complexity index is 236. The normalized spacial score (nSPS) is 10.4. The van der Waals surface area contributed by atoms with Crippen LogP contribution in [0.2, 0.25) is 0 Å². The van der Waals surface area contributed by atoms with E-state index in [-0.39, 0.29) is 5.82 Å². The third-order valence-electron chi connectivity index (χ3n) is 1.75. The molecular formula is C13H22FIS. The van der Waals surface area contributed by atoms with E-state index in [1.54, 1.807) is 8.93 Å². The number of benzene rings is 1. The molecular weight excluding hydrogens is 334 g/mol. The molecule has 0 aliphatic rings. The summed E-state index contributed by atoms with van der Waals surface area (Å²) >= 11 is 2.28. The first-order valence-electron chi connectivity index (χ1n) is 5.73. The molecule has 3 heteroatoms. The Morgan fingerprint density at radius 2 is 1.56 bits per heavy atom. The zero-order valence-corrected chi connectivity index (χ0v) is 13.7. The summed E-state index contributed by atoms with van der Waals surface area (Å²) in [5, 5.41) is 0. The molecule has 0 spiro atoms. The Labute approximate surface area is 116 Å². The van der Waals surface area contributed by atoms with Crippen LogP contribution < -0.4 is 0 Å². The van der Waals surface area contributed by atoms with Crippen LogP contribution in [-0.4, -0.2) is 5.75 Å². The van der Waals surface area contributed by atoms with Crippen molar-refractivity contribution >= 4 is 30.1 Å². The smallest absolute Gasteiger partial charge is 0.123 e. The molecule has 0 heterocycles. The van der Waals surface area contributed by atoms with Crippen molar-refractivity contribution in [3.63, 3.8) is 0 Å². The van der Waals surface area contributed by atoms with Crippen molar-refractivity contribution < 1.29 is 4.39 Å². The van der Waals surface area contributed by atoms with Crippen LogP contribution in [0.25, 0.3) is 0 Å². The standard InChI is InChI=1S/C9H10FIS.2C2H6/c1-7(6-12-11)8-2-4-9(10)5-3-8;2*1-2/h2-5,7H,6H2,1H3;2*1-2H3. The largest absolute Gasteiger partial charge is 0.207 e. The summed E-state index contributed by atoms with van der Waals surface area (Å²) < 4.78 is 12.5. The second-order valence-electron chi connectivity index (χ2n) is 2.73. The molecule has 0 nitrogen and oxygen atoms in total. The third kappa shape index (κ3) is 8.39. The molecule has 1 atom stereocenters. The zero-order valence-electron chi connectivity index (χ0n) is 10.8. The molecule has 0 amide bonds. The van der Waals surface area contributed by atoms with Crippen molar-refractivity contribution in [1.29, 1.82) is 0 Å². The Morgan fingerprint density at radius 1 is 1.12 bits per heavy atom. The first-order chi connectivity index (χ1) is 7.74. The van der Waals surface area contributed by atoms with Gasteiger partial charge in [0.25, 0.3) is 0 Å². The van der Waals surface area contributed by atoms with Gasteiger partial charge in [-0.15, -0.1) is 0 Å². The van der Waals surface area contributed by atoms with Crippen LogP contribution >= 0.6 is 30.1 Å². The van der Waals surface area contributed by atoms with Crippen molar-refractivity contribution in [1.82, 2.24) is 0 Å². The van der Waals surface area contributed by atoms with Crippen molar-refractivity contribution in [3.8, 4) is 0 Å². The Kier molecular flexibility index (Phi) is 15.4. The minimum absolute atomic E-state index is 0.159. The first kappa shape index (κ1) is 18.6. The molecule has 1 aromatic carbocycles. The highest BCUT2D eigenvalue weighted by Gasteiger charge is 2.03. The van der Waals surface area contributed by atoms with Gasteiger partial charge in [0.1, 0.15) is 5.82 Å². The van der Waals surface area contributed by atoms with Gasteiger partial charge in [0.2, 0.25) is 0 Å². The maximum Gasteiger partial charge on any atom is 0.123 e. The van der Waals surface area contributed by atoms with E-state index in [2.05, 4.69) is 28.1 Å². The van der Waals surface area contributed by atoms with Crippen molar-refractivity contribution in [2.24, 2.45) is 0 Å². The minimum atomic E-state index is -0.159. The van der Waals surface area contributed by atoms with Crippen LogP contribution in [0.15, 0.2) is 24.3 Å². The second-order valence-corrected chi connectivity index (χ2v) is 5.15. The predicted octanol–water partition coefficient (Wildman–Crippen LogP) is 6.06. The summed E-state index contributed by atoms with van der Waals surface area (Å²) in [6, 6.07) is 6.74. The van der Waals surface area contributed by atoms with Crippen LogP contribution in [0.1, 0.15) is 46.1 Å². The monoisotopic (exact) mass is 356 g/mol.